The molecule has 0 aromatic heterocycles. The van der Waals surface area contributed by atoms with Crippen LogP contribution in [0.1, 0.15) is 0 Å². The van der Waals surface area contributed by atoms with Gasteiger partial charge in [-0.1, -0.05) is 12.1 Å². The van der Waals surface area contributed by atoms with Gasteiger partial charge in [-0.15, -0.1) is 0 Å². The van der Waals surface area contributed by atoms with Gasteiger partial charge in [-0.2, -0.15) is 0 Å². The van der Waals surface area contributed by atoms with Crippen LogP contribution in [0.25, 0.3) is 0 Å². The Morgan fingerprint density at radius 3 is 2.67 bits per heavy atom. The van der Waals surface area contributed by atoms with Gasteiger partial charge >= 0.3 is 0 Å². The Balaban J connectivity index is 2.45. The Morgan fingerprint density at radius 2 is 2.07 bits per heavy atom. The van der Waals surface area contributed by atoms with Crippen LogP contribution in [0.3, 0.4) is 0 Å². The van der Waals surface area contributed by atoms with Crippen molar-refractivity contribution in [2.24, 2.45) is 0 Å². The summed E-state index contributed by atoms with van der Waals surface area (Å²) >= 11 is 0. The second-order valence-corrected chi connectivity index (χ2v) is 3.18. The molecule has 1 aromatic carbocycles. The Bertz CT molecular complexity index is 294. The number of rotatable bonds is 6. The predicted molar refractivity (Wildman–Crippen MR) is 56.6 cm³/mol. The minimum absolute atomic E-state index is 0.0645. The van der Waals surface area contributed by atoms with Crippen molar-refractivity contribution in [2.45, 2.75) is 6.04 Å². The van der Waals surface area contributed by atoms with Crippen molar-refractivity contribution in [2.75, 3.05) is 27.4 Å². The molecular weight excluding hydrogens is 197 g/mol. The lowest BCUT2D eigenvalue weighted by Crippen LogP contribution is -2.35. The molecule has 1 rings (SSSR count). The number of para-hydroxylation sites is 1. The monoisotopic (exact) mass is 213 g/mol. The van der Waals surface area contributed by atoms with Crippen molar-refractivity contribution in [1.82, 2.24) is 5.32 Å². The van der Waals surface area contributed by atoms with Crippen LogP contribution in [-0.2, 0) is 4.74 Å². The molecule has 0 fully saturated rings. The van der Waals surface area contributed by atoms with Crippen LogP contribution in [-0.4, -0.2) is 33.4 Å². The zero-order valence-corrected chi connectivity index (χ0v) is 9.00. The molecule has 0 spiro atoms. The van der Waals surface area contributed by atoms with Gasteiger partial charge in [-0.3, -0.25) is 0 Å². The van der Waals surface area contributed by atoms with Crippen molar-refractivity contribution in [3.8, 4) is 5.75 Å². The van der Waals surface area contributed by atoms with Gasteiger partial charge in [0, 0.05) is 7.11 Å². The van der Waals surface area contributed by atoms with Gasteiger partial charge in [0.2, 0.25) is 0 Å². The third kappa shape index (κ3) is 3.85. The van der Waals surface area contributed by atoms with Crippen LogP contribution >= 0.6 is 0 Å². The normalized spacial score (nSPS) is 12.5. The minimum atomic E-state index is -0.343. The molecule has 3 nitrogen and oxygen atoms in total. The molecule has 1 aromatic rings. The second kappa shape index (κ2) is 6.37. The fraction of sp³-hybridized carbons (Fsp3) is 0.455. The van der Waals surface area contributed by atoms with Crippen LogP contribution in [0.2, 0.25) is 0 Å². The summed E-state index contributed by atoms with van der Waals surface area (Å²) in [7, 11) is 3.43. The van der Waals surface area contributed by atoms with E-state index in [9.17, 15) is 4.39 Å². The van der Waals surface area contributed by atoms with Crippen molar-refractivity contribution in [3.63, 3.8) is 0 Å². The molecule has 0 bridgehead atoms. The Hall–Kier alpha value is -1.13. The molecule has 1 atom stereocenters. The van der Waals surface area contributed by atoms with E-state index in [1.807, 2.05) is 7.05 Å². The SMILES string of the molecule is CNC(COC)COc1ccccc1F. The molecular formula is C11H16FNO2. The minimum Gasteiger partial charge on any atom is -0.489 e. The molecule has 1 unspecified atom stereocenters. The van der Waals surface area contributed by atoms with Crippen LogP contribution in [0.5, 0.6) is 5.75 Å². The van der Waals surface area contributed by atoms with Crippen LogP contribution in [0, 0.1) is 5.82 Å². The fourth-order valence-corrected chi connectivity index (χ4v) is 1.17. The summed E-state index contributed by atoms with van der Waals surface area (Å²) in [6, 6.07) is 6.42. The maximum absolute atomic E-state index is 13.2. The molecule has 0 radical (unpaired) electrons. The Labute approximate surface area is 89.2 Å². The number of ether oxygens (including phenoxy) is 2. The fourth-order valence-electron chi connectivity index (χ4n) is 1.17. The number of methoxy groups -OCH3 is 1. The summed E-state index contributed by atoms with van der Waals surface area (Å²) in [5.41, 5.74) is 0. The van der Waals surface area contributed by atoms with Crippen LogP contribution in [0.15, 0.2) is 24.3 Å². The van der Waals surface area contributed by atoms with E-state index < -0.39 is 0 Å². The molecule has 84 valence electrons. The van der Waals surface area contributed by atoms with E-state index in [-0.39, 0.29) is 17.6 Å². The first-order chi connectivity index (χ1) is 7.27. The van der Waals surface area contributed by atoms with E-state index >= 15 is 0 Å². The maximum Gasteiger partial charge on any atom is 0.165 e. The smallest absolute Gasteiger partial charge is 0.165 e. The van der Waals surface area contributed by atoms with Crippen molar-refractivity contribution >= 4 is 0 Å². The van der Waals surface area contributed by atoms with Crippen LogP contribution in [0.4, 0.5) is 4.39 Å². The largest absolute Gasteiger partial charge is 0.489 e. The molecule has 0 amide bonds. The number of halogens is 1. The number of benzene rings is 1. The first-order valence-corrected chi connectivity index (χ1v) is 4.81. The molecule has 0 saturated carbocycles. The van der Waals surface area contributed by atoms with Gasteiger partial charge in [0.25, 0.3) is 0 Å². The first-order valence-electron chi connectivity index (χ1n) is 4.81. The van der Waals surface area contributed by atoms with Crippen molar-refractivity contribution < 1.29 is 13.9 Å². The number of likely N-dealkylation sites (N-methyl/N-ethyl adjacent to an activating group) is 1. The summed E-state index contributed by atoms with van der Waals surface area (Å²) in [5.74, 6) is -0.0707. The average Bonchev–Trinajstić information content (AvgIpc) is 2.26. The van der Waals surface area contributed by atoms with Gasteiger partial charge in [0.05, 0.1) is 12.6 Å². The van der Waals surface area contributed by atoms with E-state index in [0.29, 0.717) is 13.2 Å². The highest BCUT2D eigenvalue weighted by atomic mass is 19.1. The molecule has 0 saturated heterocycles. The summed E-state index contributed by atoms with van der Waals surface area (Å²) in [6.07, 6.45) is 0. The van der Waals surface area contributed by atoms with E-state index in [0.717, 1.165) is 0 Å². The topological polar surface area (TPSA) is 30.5 Å². The van der Waals surface area contributed by atoms with Crippen molar-refractivity contribution in [3.05, 3.63) is 30.1 Å². The van der Waals surface area contributed by atoms with E-state index in [4.69, 9.17) is 9.47 Å². The van der Waals surface area contributed by atoms with E-state index in [1.54, 1.807) is 25.3 Å². The van der Waals surface area contributed by atoms with Gasteiger partial charge < -0.3 is 14.8 Å². The van der Waals surface area contributed by atoms with E-state index in [1.165, 1.54) is 6.07 Å². The summed E-state index contributed by atoms with van der Waals surface area (Å²) in [4.78, 5) is 0. The lowest BCUT2D eigenvalue weighted by molar-refractivity contribution is 0.138. The average molecular weight is 213 g/mol. The summed E-state index contributed by atoms with van der Waals surface area (Å²) < 4.78 is 23.5. The highest BCUT2D eigenvalue weighted by Crippen LogP contribution is 2.15. The number of hydrogen-bond donors (Lipinski definition) is 1. The summed E-state index contributed by atoms with van der Waals surface area (Å²) in [5, 5.41) is 3.02. The van der Waals surface area contributed by atoms with E-state index in [2.05, 4.69) is 5.32 Å². The van der Waals surface area contributed by atoms with Crippen molar-refractivity contribution in [1.29, 1.82) is 0 Å². The maximum atomic E-state index is 13.2. The van der Waals surface area contributed by atoms with Gasteiger partial charge in [0.15, 0.2) is 11.6 Å². The van der Waals surface area contributed by atoms with Gasteiger partial charge in [-0.25, -0.2) is 4.39 Å². The highest BCUT2D eigenvalue weighted by Gasteiger charge is 2.08. The number of nitrogens with one attached hydrogen (secondary N) is 1. The lowest BCUT2D eigenvalue weighted by atomic mass is 10.3. The highest BCUT2D eigenvalue weighted by molar-refractivity contribution is 5.23. The zero-order valence-electron chi connectivity index (χ0n) is 9.00. The Morgan fingerprint density at radius 1 is 1.33 bits per heavy atom. The van der Waals surface area contributed by atoms with Crippen LogP contribution < -0.4 is 10.1 Å². The molecule has 0 aliphatic heterocycles. The third-order valence-corrected chi connectivity index (χ3v) is 2.05. The quantitative estimate of drug-likeness (QED) is 0.775. The lowest BCUT2D eigenvalue weighted by Gasteiger charge is -2.16. The van der Waals surface area contributed by atoms with Gasteiger partial charge in [0.1, 0.15) is 6.61 Å². The zero-order chi connectivity index (χ0) is 11.1. The molecule has 4 heteroatoms. The molecule has 1 N–H and O–H groups in total. The summed E-state index contributed by atoms with van der Waals surface area (Å²) in [6.45, 7) is 0.913. The molecule has 0 aliphatic carbocycles. The second-order valence-electron chi connectivity index (χ2n) is 3.18. The molecule has 0 aliphatic rings. The molecule has 0 heterocycles. The van der Waals surface area contributed by atoms with Gasteiger partial charge in [-0.05, 0) is 19.2 Å². The Kier molecular flexibility index (Phi) is 5.07. The number of hydrogen-bond acceptors (Lipinski definition) is 3. The standard InChI is InChI=1S/C11H16FNO2/c1-13-9(7-14-2)8-15-11-6-4-3-5-10(11)12/h3-6,9,13H,7-8H2,1-2H3. The first kappa shape index (κ1) is 11.9. The third-order valence-electron chi connectivity index (χ3n) is 2.05. The predicted octanol–water partition coefficient (Wildman–Crippen LogP) is 1.44. The molecule has 15 heavy (non-hydrogen) atoms.